The summed E-state index contributed by atoms with van der Waals surface area (Å²) in [5.74, 6) is 1.50. The number of carbonyl (C=O) groups excluding carboxylic acids is 1. The van der Waals surface area contributed by atoms with Gasteiger partial charge in [-0.25, -0.2) is 0 Å². The maximum Gasteiger partial charge on any atom is 0.265 e. The number of nitrogens with one attached hydrogen (secondary N) is 1. The minimum Gasteiger partial charge on any atom is -0.495 e. The molecule has 0 spiro atoms. The van der Waals surface area contributed by atoms with Crippen LogP contribution in [0.25, 0.3) is 0 Å². The first kappa shape index (κ1) is 16.7. The fourth-order valence-corrected chi connectivity index (χ4v) is 2.15. The van der Waals surface area contributed by atoms with Crippen LogP contribution in [0.4, 0.5) is 5.69 Å². The number of para-hydroxylation sites is 4. The molecule has 0 aliphatic carbocycles. The van der Waals surface area contributed by atoms with Gasteiger partial charge >= 0.3 is 0 Å². The molecule has 0 fully saturated rings. The van der Waals surface area contributed by atoms with E-state index in [4.69, 9.17) is 14.2 Å². The van der Waals surface area contributed by atoms with Gasteiger partial charge in [0.1, 0.15) is 5.75 Å². The Morgan fingerprint density at radius 1 is 0.957 bits per heavy atom. The summed E-state index contributed by atoms with van der Waals surface area (Å²) in [6.45, 7) is 1.89. The van der Waals surface area contributed by atoms with Crippen LogP contribution in [0, 0.1) is 0 Å². The number of amides is 1. The maximum absolute atomic E-state index is 12.5. The van der Waals surface area contributed by atoms with E-state index < -0.39 is 6.10 Å². The van der Waals surface area contributed by atoms with Gasteiger partial charge in [-0.05, 0) is 30.7 Å². The lowest BCUT2D eigenvalue weighted by Crippen LogP contribution is -2.32. The summed E-state index contributed by atoms with van der Waals surface area (Å²) in [7, 11) is 3.13. The Kier molecular flexibility index (Phi) is 5.86. The molecule has 0 unspecified atom stereocenters. The summed E-state index contributed by atoms with van der Waals surface area (Å²) in [6.07, 6.45) is -0.102. The number of anilines is 1. The zero-order chi connectivity index (χ0) is 16.7. The lowest BCUT2D eigenvalue weighted by Gasteiger charge is -2.19. The first-order chi connectivity index (χ1) is 11.2. The quantitative estimate of drug-likeness (QED) is 0.849. The van der Waals surface area contributed by atoms with Crippen molar-refractivity contribution in [3.8, 4) is 17.2 Å². The van der Waals surface area contributed by atoms with Crippen LogP contribution in [0.1, 0.15) is 13.3 Å². The number of ether oxygens (including phenoxy) is 3. The van der Waals surface area contributed by atoms with Gasteiger partial charge in [0, 0.05) is 0 Å². The molecule has 0 heterocycles. The average Bonchev–Trinajstić information content (AvgIpc) is 2.60. The normalized spacial score (nSPS) is 11.4. The molecule has 1 amide bonds. The number of hydrogen-bond acceptors (Lipinski definition) is 4. The molecular formula is C18H21NO4. The molecule has 0 saturated carbocycles. The number of rotatable bonds is 7. The largest absolute Gasteiger partial charge is 0.495 e. The molecule has 0 radical (unpaired) electrons. The van der Waals surface area contributed by atoms with E-state index in [2.05, 4.69) is 5.32 Å². The van der Waals surface area contributed by atoms with Crippen molar-refractivity contribution in [3.05, 3.63) is 48.5 Å². The van der Waals surface area contributed by atoms with Crippen molar-refractivity contribution in [2.45, 2.75) is 19.4 Å². The highest BCUT2D eigenvalue weighted by Crippen LogP contribution is 2.28. The van der Waals surface area contributed by atoms with Gasteiger partial charge in [-0.1, -0.05) is 31.2 Å². The van der Waals surface area contributed by atoms with Crippen LogP contribution in [0.2, 0.25) is 0 Å². The van der Waals surface area contributed by atoms with Crippen LogP contribution >= 0.6 is 0 Å². The number of benzene rings is 2. The highest BCUT2D eigenvalue weighted by molar-refractivity contribution is 5.95. The summed E-state index contributed by atoms with van der Waals surface area (Å²) < 4.78 is 16.3. The van der Waals surface area contributed by atoms with Gasteiger partial charge in [-0.3, -0.25) is 4.79 Å². The highest BCUT2D eigenvalue weighted by atomic mass is 16.5. The van der Waals surface area contributed by atoms with Crippen LogP contribution in [0.3, 0.4) is 0 Å². The number of carbonyl (C=O) groups is 1. The second kappa shape index (κ2) is 8.08. The van der Waals surface area contributed by atoms with E-state index in [1.165, 1.54) is 0 Å². The van der Waals surface area contributed by atoms with Gasteiger partial charge in [0.15, 0.2) is 17.6 Å². The van der Waals surface area contributed by atoms with E-state index >= 15 is 0 Å². The molecule has 23 heavy (non-hydrogen) atoms. The zero-order valence-electron chi connectivity index (χ0n) is 13.5. The van der Waals surface area contributed by atoms with E-state index in [1.807, 2.05) is 31.2 Å². The third kappa shape index (κ3) is 4.16. The third-order valence-electron chi connectivity index (χ3n) is 3.37. The molecule has 0 aromatic heterocycles. The van der Waals surface area contributed by atoms with Crippen molar-refractivity contribution >= 4 is 11.6 Å². The molecule has 1 N–H and O–H groups in total. The Morgan fingerprint density at radius 3 is 2.13 bits per heavy atom. The lowest BCUT2D eigenvalue weighted by molar-refractivity contribution is -0.122. The second-order valence-corrected chi connectivity index (χ2v) is 4.86. The zero-order valence-corrected chi connectivity index (χ0v) is 13.5. The molecule has 5 nitrogen and oxygen atoms in total. The number of hydrogen-bond donors (Lipinski definition) is 1. The Morgan fingerprint density at radius 2 is 1.52 bits per heavy atom. The molecule has 2 rings (SSSR count). The molecule has 0 aliphatic heterocycles. The average molecular weight is 315 g/mol. The minimum atomic E-state index is -0.629. The van der Waals surface area contributed by atoms with Crippen molar-refractivity contribution in [1.29, 1.82) is 0 Å². The van der Waals surface area contributed by atoms with Crippen LogP contribution in [0.5, 0.6) is 17.2 Å². The first-order valence-corrected chi connectivity index (χ1v) is 7.43. The fourth-order valence-electron chi connectivity index (χ4n) is 2.15. The molecule has 2 aromatic carbocycles. The minimum absolute atomic E-state index is 0.233. The third-order valence-corrected chi connectivity index (χ3v) is 3.37. The van der Waals surface area contributed by atoms with E-state index in [-0.39, 0.29) is 5.91 Å². The highest BCUT2D eigenvalue weighted by Gasteiger charge is 2.21. The molecule has 0 aliphatic rings. The van der Waals surface area contributed by atoms with Crippen LogP contribution in [0.15, 0.2) is 48.5 Å². The summed E-state index contributed by atoms with van der Waals surface area (Å²) in [5, 5.41) is 2.84. The maximum atomic E-state index is 12.5. The monoisotopic (exact) mass is 315 g/mol. The van der Waals surface area contributed by atoms with Gasteiger partial charge in [0.25, 0.3) is 5.91 Å². The Bertz CT molecular complexity index is 657. The summed E-state index contributed by atoms with van der Waals surface area (Å²) >= 11 is 0. The van der Waals surface area contributed by atoms with Crippen LogP contribution in [-0.4, -0.2) is 26.2 Å². The van der Waals surface area contributed by atoms with Gasteiger partial charge in [-0.2, -0.15) is 0 Å². The molecule has 122 valence electrons. The number of methoxy groups -OCH3 is 2. The smallest absolute Gasteiger partial charge is 0.265 e. The Balaban J connectivity index is 2.12. The molecule has 5 heteroatoms. The molecule has 1 atom stereocenters. The molecule has 2 aromatic rings. The van der Waals surface area contributed by atoms with Crippen molar-refractivity contribution in [2.75, 3.05) is 19.5 Å². The summed E-state index contributed by atoms with van der Waals surface area (Å²) in [4.78, 5) is 12.5. The molecule has 0 bridgehead atoms. The van der Waals surface area contributed by atoms with Gasteiger partial charge in [-0.15, -0.1) is 0 Å². The lowest BCUT2D eigenvalue weighted by atomic mass is 10.2. The molecular weight excluding hydrogens is 294 g/mol. The van der Waals surface area contributed by atoms with Gasteiger partial charge < -0.3 is 19.5 Å². The molecule has 0 saturated heterocycles. The van der Waals surface area contributed by atoms with Gasteiger partial charge in [0.05, 0.1) is 19.9 Å². The summed E-state index contributed by atoms with van der Waals surface area (Å²) in [5.41, 5.74) is 0.613. The van der Waals surface area contributed by atoms with Crippen LogP contribution in [-0.2, 0) is 4.79 Å². The van der Waals surface area contributed by atoms with Crippen molar-refractivity contribution in [3.63, 3.8) is 0 Å². The predicted molar refractivity (Wildman–Crippen MR) is 89.3 cm³/mol. The van der Waals surface area contributed by atoms with Gasteiger partial charge in [0.2, 0.25) is 0 Å². The van der Waals surface area contributed by atoms with E-state index in [0.29, 0.717) is 29.4 Å². The second-order valence-electron chi connectivity index (χ2n) is 4.86. The SMILES string of the molecule is CC[C@@H](Oc1ccccc1OC)C(=O)Nc1ccccc1OC. The van der Waals surface area contributed by atoms with E-state index in [9.17, 15) is 4.79 Å². The predicted octanol–water partition coefficient (Wildman–Crippen LogP) is 3.50. The Hall–Kier alpha value is -2.69. The first-order valence-electron chi connectivity index (χ1n) is 7.43. The van der Waals surface area contributed by atoms with Crippen molar-refractivity contribution < 1.29 is 19.0 Å². The Labute approximate surface area is 136 Å². The topological polar surface area (TPSA) is 56.8 Å². The van der Waals surface area contributed by atoms with Crippen LogP contribution < -0.4 is 19.5 Å². The van der Waals surface area contributed by atoms with E-state index in [1.54, 1.807) is 38.5 Å². The van der Waals surface area contributed by atoms with E-state index in [0.717, 1.165) is 0 Å². The fraction of sp³-hybridized carbons (Fsp3) is 0.278. The van der Waals surface area contributed by atoms with Crippen molar-refractivity contribution in [2.24, 2.45) is 0 Å². The summed E-state index contributed by atoms with van der Waals surface area (Å²) in [6, 6.07) is 14.5. The van der Waals surface area contributed by atoms with Crippen molar-refractivity contribution in [1.82, 2.24) is 0 Å². The standard InChI is InChI=1S/C18H21NO4/c1-4-14(23-17-12-8-7-11-16(17)22-3)18(20)19-13-9-5-6-10-15(13)21-2/h5-12,14H,4H2,1-3H3,(H,19,20)/t14-/m1/s1.